The van der Waals surface area contributed by atoms with E-state index in [1.165, 1.54) is 18.2 Å². The Balaban J connectivity index is 1.36. The molecule has 290 valence electrons. The van der Waals surface area contributed by atoms with Gasteiger partial charge in [0.15, 0.2) is 0 Å². The number of fused-ring (bicyclic) bond motifs is 1. The molecule has 2 heterocycles. The van der Waals surface area contributed by atoms with Gasteiger partial charge in [-0.1, -0.05) is 78.9 Å². The van der Waals surface area contributed by atoms with Crippen molar-refractivity contribution in [3.05, 3.63) is 154 Å². The highest BCUT2D eigenvalue weighted by Crippen LogP contribution is 2.39. The zero-order valence-corrected chi connectivity index (χ0v) is 30.3. The zero-order valence-electron chi connectivity index (χ0n) is 30.3. The highest BCUT2D eigenvalue weighted by atomic mass is 19.4. The van der Waals surface area contributed by atoms with E-state index in [-0.39, 0.29) is 25.3 Å². The number of likely N-dealkylation sites (tertiary alicyclic amines) is 1. The van der Waals surface area contributed by atoms with Gasteiger partial charge >= 0.3 is 18.5 Å². The van der Waals surface area contributed by atoms with E-state index in [0.29, 0.717) is 64.9 Å². The van der Waals surface area contributed by atoms with E-state index in [1.807, 2.05) is 82.4 Å². The van der Waals surface area contributed by atoms with Gasteiger partial charge in [0.05, 0.1) is 5.56 Å². The maximum atomic E-state index is 13.8. The zero-order chi connectivity index (χ0) is 39.6. The molecule has 1 aromatic heterocycles. The monoisotopic (exact) mass is 772 g/mol. The molecule has 1 aliphatic heterocycles. The molecule has 0 spiro atoms. The summed E-state index contributed by atoms with van der Waals surface area (Å²) in [6.45, 7) is 2.89. The molecule has 12 heteroatoms. The Morgan fingerprint density at radius 2 is 1.50 bits per heavy atom. The Hall–Kier alpha value is -5.75. The van der Waals surface area contributed by atoms with E-state index >= 15 is 0 Å². The summed E-state index contributed by atoms with van der Waals surface area (Å²) in [6.07, 6.45) is -6.30. The number of hydrogen-bond acceptors (Lipinski definition) is 4. The van der Waals surface area contributed by atoms with E-state index in [2.05, 4.69) is 4.74 Å². The summed E-state index contributed by atoms with van der Waals surface area (Å²) in [6, 6.07) is 29.7. The van der Waals surface area contributed by atoms with Crippen molar-refractivity contribution in [2.24, 2.45) is 0 Å². The van der Waals surface area contributed by atoms with Crippen LogP contribution in [0.25, 0.3) is 22.0 Å². The first-order chi connectivity index (χ1) is 26.7. The molecule has 5 aromatic carbocycles. The first kappa shape index (κ1) is 38.5. The molecule has 0 bridgehead atoms. The Morgan fingerprint density at radius 1 is 0.804 bits per heavy atom. The SMILES string of the molecule is Cc1c(-c2ccccc2)ccc(OC(F)(F)F)c1Cc1cn(Cc2ccccc2)c2cc(CN3CCC[C@H]3C(=O)O)c(OCc3ccc(C(F)(F)F)cc3)cc12. The van der Waals surface area contributed by atoms with Gasteiger partial charge in [-0.25, -0.2) is 0 Å². The van der Waals surface area contributed by atoms with Crippen molar-refractivity contribution >= 4 is 16.9 Å². The molecule has 56 heavy (non-hydrogen) atoms. The summed E-state index contributed by atoms with van der Waals surface area (Å²) < 4.78 is 94.3. The van der Waals surface area contributed by atoms with Crippen LogP contribution in [0.2, 0.25) is 0 Å². The fourth-order valence-corrected chi connectivity index (χ4v) is 7.50. The molecule has 7 rings (SSSR count). The van der Waals surface area contributed by atoms with Crippen LogP contribution < -0.4 is 9.47 Å². The lowest BCUT2D eigenvalue weighted by atomic mass is 9.92. The maximum Gasteiger partial charge on any atom is 0.573 e. The van der Waals surface area contributed by atoms with Gasteiger partial charge < -0.3 is 19.1 Å². The first-order valence-corrected chi connectivity index (χ1v) is 18.1. The second-order valence-corrected chi connectivity index (χ2v) is 14.0. The standard InChI is InChI=1S/C44H38F6N2O4/c1-28-35(31-11-6-3-7-12-31)18-19-40(56-44(48,49)50)36(28)21-32-25-52(24-29-9-4-2-5-10-29)39-22-33(26-51-20-8-13-38(51)42(53)54)41(23-37(32)39)55-27-30-14-16-34(17-15-30)43(45,46)47/h2-7,9-12,14-19,22-23,25,38H,8,13,20-21,24,26-27H2,1H3,(H,53,54)/t38-/m0/s1. The van der Waals surface area contributed by atoms with Crippen LogP contribution in [0.5, 0.6) is 11.5 Å². The summed E-state index contributed by atoms with van der Waals surface area (Å²) >= 11 is 0. The predicted molar refractivity (Wildman–Crippen MR) is 200 cm³/mol. The van der Waals surface area contributed by atoms with Crippen LogP contribution in [0.15, 0.2) is 115 Å². The number of carboxylic acid groups (broad SMARTS) is 1. The lowest BCUT2D eigenvalue weighted by Gasteiger charge is -2.23. The van der Waals surface area contributed by atoms with Gasteiger partial charge in [0.2, 0.25) is 0 Å². The molecular formula is C44H38F6N2O4. The second kappa shape index (κ2) is 15.8. The Bertz CT molecular complexity index is 2320. The van der Waals surface area contributed by atoms with Crippen LogP contribution >= 0.6 is 0 Å². The minimum absolute atomic E-state index is 0.0567. The van der Waals surface area contributed by atoms with E-state index in [9.17, 15) is 36.2 Å². The molecule has 0 unspecified atom stereocenters. The fraction of sp³-hybridized carbons (Fsp3) is 0.250. The summed E-state index contributed by atoms with van der Waals surface area (Å²) in [7, 11) is 0. The van der Waals surface area contributed by atoms with E-state index in [4.69, 9.17) is 4.74 Å². The average molecular weight is 773 g/mol. The van der Waals surface area contributed by atoms with Crippen molar-refractivity contribution in [2.45, 2.75) is 64.5 Å². The van der Waals surface area contributed by atoms with Gasteiger partial charge in [0.1, 0.15) is 24.1 Å². The summed E-state index contributed by atoms with van der Waals surface area (Å²) in [5.74, 6) is -0.869. The molecule has 6 nitrogen and oxygen atoms in total. The molecule has 1 aliphatic rings. The Kier molecular flexibility index (Phi) is 10.9. The minimum Gasteiger partial charge on any atom is -0.489 e. The van der Waals surface area contributed by atoms with Crippen molar-refractivity contribution in [1.29, 1.82) is 0 Å². The fourth-order valence-electron chi connectivity index (χ4n) is 7.50. The molecule has 1 atom stereocenters. The van der Waals surface area contributed by atoms with E-state index < -0.39 is 30.1 Å². The van der Waals surface area contributed by atoms with Crippen molar-refractivity contribution in [3.8, 4) is 22.6 Å². The Morgan fingerprint density at radius 3 is 2.16 bits per heavy atom. The van der Waals surface area contributed by atoms with Crippen LogP contribution in [0.4, 0.5) is 26.3 Å². The van der Waals surface area contributed by atoms with E-state index in [0.717, 1.165) is 34.3 Å². The number of benzene rings is 5. The second-order valence-electron chi connectivity index (χ2n) is 14.0. The number of rotatable bonds is 12. The van der Waals surface area contributed by atoms with Gasteiger partial charge in [-0.15, -0.1) is 13.2 Å². The summed E-state index contributed by atoms with van der Waals surface area (Å²) in [5.41, 5.74) is 5.33. The number of ether oxygens (including phenoxy) is 2. The van der Waals surface area contributed by atoms with Gasteiger partial charge in [-0.2, -0.15) is 13.2 Å². The molecule has 1 fully saturated rings. The highest BCUT2D eigenvalue weighted by molar-refractivity contribution is 5.87. The normalized spacial score (nSPS) is 15.0. The molecule has 1 saturated heterocycles. The molecule has 6 aromatic rings. The summed E-state index contributed by atoms with van der Waals surface area (Å²) in [4.78, 5) is 14.0. The third-order valence-corrected chi connectivity index (χ3v) is 10.3. The molecular weight excluding hydrogens is 734 g/mol. The largest absolute Gasteiger partial charge is 0.573 e. The van der Waals surface area contributed by atoms with Gasteiger partial charge in [0, 0.05) is 47.7 Å². The van der Waals surface area contributed by atoms with Crippen LogP contribution in [-0.4, -0.2) is 39.5 Å². The number of hydrogen-bond donors (Lipinski definition) is 1. The molecule has 1 N–H and O–H groups in total. The van der Waals surface area contributed by atoms with Crippen molar-refractivity contribution in [1.82, 2.24) is 9.47 Å². The van der Waals surface area contributed by atoms with Crippen molar-refractivity contribution in [3.63, 3.8) is 0 Å². The molecule has 0 aliphatic carbocycles. The third kappa shape index (κ3) is 8.70. The predicted octanol–water partition coefficient (Wildman–Crippen LogP) is 10.8. The number of aliphatic carboxylic acids is 1. The maximum absolute atomic E-state index is 13.8. The van der Waals surface area contributed by atoms with Gasteiger partial charge in [0.25, 0.3) is 0 Å². The minimum atomic E-state index is -4.94. The van der Waals surface area contributed by atoms with Gasteiger partial charge in [-0.05, 0) is 90.0 Å². The van der Waals surface area contributed by atoms with Crippen molar-refractivity contribution in [2.75, 3.05) is 6.54 Å². The molecule has 0 radical (unpaired) electrons. The lowest BCUT2D eigenvalue weighted by Crippen LogP contribution is -2.35. The lowest BCUT2D eigenvalue weighted by molar-refractivity contribution is -0.274. The molecule has 0 amide bonds. The quantitative estimate of drug-likeness (QED) is 0.126. The average Bonchev–Trinajstić information content (AvgIpc) is 3.76. The summed E-state index contributed by atoms with van der Waals surface area (Å²) in [5, 5.41) is 10.6. The van der Waals surface area contributed by atoms with Crippen LogP contribution in [-0.2, 0) is 37.1 Å². The number of carbonyl (C=O) groups is 1. The highest BCUT2D eigenvalue weighted by Gasteiger charge is 2.34. The number of halogens is 6. The van der Waals surface area contributed by atoms with Gasteiger partial charge in [-0.3, -0.25) is 9.69 Å². The smallest absolute Gasteiger partial charge is 0.489 e. The number of carboxylic acids is 1. The van der Waals surface area contributed by atoms with Crippen LogP contribution in [0, 0.1) is 6.92 Å². The first-order valence-electron chi connectivity index (χ1n) is 18.1. The number of aromatic nitrogens is 1. The third-order valence-electron chi connectivity index (χ3n) is 10.3. The molecule has 0 saturated carbocycles. The van der Waals surface area contributed by atoms with E-state index in [1.54, 1.807) is 19.1 Å². The van der Waals surface area contributed by atoms with Crippen LogP contribution in [0.1, 0.15) is 51.8 Å². The van der Waals surface area contributed by atoms with Crippen LogP contribution in [0.3, 0.4) is 0 Å². The Labute approximate surface area is 319 Å². The number of nitrogens with zero attached hydrogens (tertiary/aromatic N) is 2. The number of alkyl halides is 6. The van der Waals surface area contributed by atoms with Crippen molar-refractivity contribution < 1.29 is 45.7 Å². The topological polar surface area (TPSA) is 63.9 Å².